The molecular weight excluding hydrogens is 174 g/mol. The number of likely N-dealkylation sites (tertiary alicyclic amines) is 1. The lowest BCUT2D eigenvalue weighted by molar-refractivity contribution is 0.164. The van der Waals surface area contributed by atoms with E-state index >= 15 is 0 Å². The van der Waals surface area contributed by atoms with Crippen LogP contribution in [0.15, 0.2) is 12.4 Å². The predicted molar refractivity (Wildman–Crippen MR) is 61.1 cm³/mol. The van der Waals surface area contributed by atoms with E-state index in [0.717, 1.165) is 5.82 Å². The van der Waals surface area contributed by atoms with E-state index in [2.05, 4.69) is 36.0 Å². The van der Waals surface area contributed by atoms with Crippen molar-refractivity contribution in [2.45, 2.75) is 38.8 Å². The second-order valence-electron chi connectivity index (χ2n) is 4.28. The van der Waals surface area contributed by atoms with Gasteiger partial charge >= 0.3 is 0 Å². The Labute approximate surface area is 87.6 Å². The molecule has 0 aromatic rings. The second kappa shape index (κ2) is 5.25. The molecule has 14 heavy (non-hydrogen) atoms. The first-order valence-electron chi connectivity index (χ1n) is 5.50. The standard InChI is InChI=1S/C11H23N3/c1-9(2)14-7-5-11(6-8-14)13-10(3)12-4/h9,11-13H,3,5-8H2,1-2,4H3. The molecule has 0 saturated carbocycles. The molecule has 1 saturated heterocycles. The third-order valence-corrected chi connectivity index (χ3v) is 2.94. The van der Waals surface area contributed by atoms with Crippen LogP contribution in [0.5, 0.6) is 0 Å². The molecule has 0 atom stereocenters. The highest BCUT2D eigenvalue weighted by Gasteiger charge is 2.20. The first-order chi connectivity index (χ1) is 6.63. The molecule has 0 spiro atoms. The third kappa shape index (κ3) is 3.22. The Morgan fingerprint density at radius 2 is 1.93 bits per heavy atom. The zero-order valence-corrected chi connectivity index (χ0v) is 9.64. The second-order valence-corrected chi connectivity index (χ2v) is 4.28. The van der Waals surface area contributed by atoms with Crippen molar-refractivity contribution in [1.29, 1.82) is 0 Å². The summed E-state index contributed by atoms with van der Waals surface area (Å²) in [6.45, 7) is 10.8. The fraction of sp³-hybridized carbons (Fsp3) is 0.818. The highest BCUT2D eigenvalue weighted by atomic mass is 15.2. The van der Waals surface area contributed by atoms with Crippen molar-refractivity contribution in [1.82, 2.24) is 15.5 Å². The van der Waals surface area contributed by atoms with Gasteiger partial charge in [0.2, 0.25) is 0 Å². The summed E-state index contributed by atoms with van der Waals surface area (Å²) in [4.78, 5) is 2.53. The first-order valence-corrected chi connectivity index (χ1v) is 5.50. The van der Waals surface area contributed by atoms with Crippen molar-refractivity contribution < 1.29 is 0 Å². The number of hydrogen-bond acceptors (Lipinski definition) is 3. The van der Waals surface area contributed by atoms with Gasteiger partial charge in [-0.3, -0.25) is 0 Å². The van der Waals surface area contributed by atoms with Gasteiger partial charge in [0.1, 0.15) is 0 Å². The lowest BCUT2D eigenvalue weighted by Crippen LogP contribution is -2.45. The van der Waals surface area contributed by atoms with Gasteiger partial charge in [0.15, 0.2) is 0 Å². The van der Waals surface area contributed by atoms with Crippen molar-refractivity contribution in [3.05, 3.63) is 12.4 Å². The summed E-state index contributed by atoms with van der Waals surface area (Å²) in [5.41, 5.74) is 0. The Balaban J connectivity index is 2.25. The van der Waals surface area contributed by atoms with Gasteiger partial charge in [-0.2, -0.15) is 0 Å². The Kier molecular flexibility index (Phi) is 4.26. The van der Waals surface area contributed by atoms with Crippen LogP contribution in [0.1, 0.15) is 26.7 Å². The third-order valence-electron chi connectivity index (χ3n) is 2.94. The van der Waals surface area contributed by atoms with Gasteiger partial charge in [0, 0.05) is 32.2 Å². The van der Waals surface area contributed by atoms with Crippen LogP contribution < -0.4 is 10.6 Å². The number of hydrogen-bond donors (Lipinski definition) is 2. The molecule has 0 aliphatic carbocycles. The molecule has 2 N–H and O–H groups in total. The van der Waals surface area contributed by atoms with Crippen molar-refractivity contribution >= 4 is 0 Å². The Morgan fingerprint density at radius 3 is 2.36 bits per heavy atom. The Bertz CT molecular complexity index is 181. The van der Waals surface area contributed by atoms with Crippen LogP contribution in [0, 0.1) is 0 Å². The number of nitrogens with one attached hydrogen (secondary N) is 2. The monoisotopic (exact) mass is 197 g/mol. The van der Waals surface area contributed by atoms with Crippen molar-refractivity contribution in [3.8, 4) is 0 Å². The summed E-state index contributed by atoms with van der Waals surface area (Å²) in [6, 6.07) is 1.29. The number of piperidine rings is 1. The fourth-order valence-electron chi connectivity index (χ4n) is 1.88. The van der Waals surface area contributed by atoms with Gasteiger partial charge < -0.3 is 15.5 Å². The van der Waals surface area contributed by atoms with E-state index in [4.69, 9.17) is 0 Å². The summed E-state index contributed by atoms with van der Waals surface area (Å²) >= 11 is 0. The first kappa shape index (κ1) is 11.4. The van der Waals surface area contributed by atoms with E-state index in [9.17, 15) is 0 Å². The maximum absolute atomic E-state index is 3.89. The average Bonchev–Trinajstić information content (AvgIpc) is 2.18. The summed E-state index contributed by atoms with van der Waals surface area (Å²) in [7, 11) is 1.90. The average molecular weight is 197 g/mol. The summed E-state index contributed by atoms with van der Waals surface area (Å²) in [5, 5.41) is 6.42. The molecule has 0 unspecified atom stereocenters. The molecule has 1 heterocycles. The molecule has 1 fully saturated rings. The summed E-state index contributed by atoms with van der Waals surface area (Å²) < 4.78 is 0. The minimum atomic E-state index is 0.602. The molecule has 1 aliphatic heterocycles. The molecule has 82 valence electrons. The van der Waals surface area contributed by atoms with Gasteiger partial charge in [0.25, 0.3) is 0 Å². The summed E-state index contributed by atoms with van der Waals surface area (Å²) in [5.74, 6) is 0.938. The maximum atomic E-state index is 3.89. The van der Waals surface area contributed by atoms with E-state index in [0.29, 0.717) is 12.1 Å². The highest BCUT2D eigenvalue weighted by molar-refractivity contribution is 4.91. The van der Waals surface area contributed by atoms with E-state index in [1.807, 2.05) is 7.05 Å². The van der Waals surface area contributed by atoms with Gasteiger partial charge in [-0.25, -0.2) is 0 Å². The van der Waals surface area contributed by atoms with Crippen molar-refractivity contribution in [3.63, 3.8) is 0 Å². The molecule has 3 heteroatoms. The molecule has 0 aromatic carbocycles. The lowest BCUT2D eigenvalue weighted by Gasteiger charge is -2.35. The molecule has 0 aromatic heterocycles. The molecule has 0 amide bonds. The topological polar surface area (TPSA) is 27.3 Å². The number of nitrogens with zero attached hydrogens (tertiary/aromatic N) is 1. The number of rotatable bonds is 4. The van der Waals surface area contributed by atoms with E-state index < -0.39 is 0 Å². The van der Waals surface area contributed by atoms with Gasteiger partial charge in [-0.05, 0) is 26.7 Å². The van der Waals surface area contributed by atoms with Gasteiger partial charge in [-0.15, -0.1) is 0 Å². The molecule has 1 aliphatic rings. The van der Waals surface area contributed by atoms with Crippen LogP contribution in [0.4, 0.5) is 0 Å². The Hall–Kier alpha value is -0.700. The van der Waals surface area contributed by atoms with Crippen LogP contribution in [-0.2, 0) is 0 Å². The quantitative estimate of drug-likeness (QED) is 0.708. The van der Waals surface area contributed by atoms with Crippen molar-refractivity contribution in [2.24, 2.45) is 0 Å². The maximum Gasteiger partial charge on any atom is 0.0911 e. The van der Waals surface area contributed by atoms with E-state index in [1.54, 1.807) is 0 Å². The molecule has 3 nitrogen and oxygen atoms in total. The molecule has 0 bridgehead atoms. The zero-order chi connectivity index (χ0) is 10.6. The molecule has 1 rings (SSSR count). The summed E-state index contributed by atoms with van der Waals surface area (Å²) in [6.07, 6.45) is 2.44. The van der Waals surface area contributed by atoms with Gasteiger partial charge in [0.05, 0.1) is 5.82 Å². The minimum Gasteiger partial charge on any atom is -0.375 e. The van der Waals surface area contributed by atoms with Crippen LogP contribution in [0.25, 0.3) is 0 Å². The highest BCUT2D eigenvalue weighted by Crippen LogP contribution is 2.13. The van der Waals surface area contributed by atoms with Crippen LogP contribution in [-0.4, -0.2) is 37.1 Å². The van der Waals surface area contributed by atoms with Crippen LogP contribution >= 0.6 is 0 Å². The van der Waals surface area contributed by atoms with Crippen molar-refractivity contribution in [2.75, 3.05) is 20.1 Å². The van der Waals surface area contributed by atoms with Crippen LogP contribution in [0.2, 0.25) is 0 Å². The van der Waals surface area contributed by atoms with E-state index in [-0.39, 0.29) is 0 Å². The van der Waals surface area contributed by atoms with Gasteiger partial charge in [-0.1, -0.05) is 6.58 Å². The molecule has 0 radical (unpaired) electrons. The Morgan fingerprint density at radius 1 is 1.36 bits per heavy atom. The lowest BCUT2D eigenvalue weighted by atomic mass is 10.0. The van der Waals surface area contributed by atoms with Crippen LogP contribution in [0.3, 0.4) is 0 Å². The normalized spacial score (nSPS) is 19.7. The smallest absolute Gasteiger partial charge is 0.0911 e. The fourth-order valence-corrected chi connectivity index (χ4v) is 1.88. The largest absolute Gasteiger partial charge is 0.375 e. The minimum absolute atomic E-state index is 0.602. The SMILES string of the molecule is C=C(NC)NC1CCN(C(C)C)CC1. The zero-order valence-electron chi connectivity index (χ0n) is 9.64. The van der Waals surface area contributed by atoms with E-state index in [1.165, 1.54) is 25.9 Å². The molecular formula is C11H23N3. The predicted octanol–water partition coefficient (Wildman–Crippen LogP) is 1.14.